The van der Waals surface area contributed by atoms with Crippen molar-refractivity contribution in [2.75, 3.05) is 33.8 Å². The Morgan fingerprint density at radius 3 is 2.53 bits per heavy atom. The molecule has 0 aromatic heterocycles. The second-order valence-corrected chi connectivity index (χ2v) is 9.13. The van der Waals surface area contributed by atoms with Gasteiger partial charge in [-0.15, -0.1) is 0 Å². The fourth-order valence-electron chi connectivity index (χ4n) is 3.80. The third kappa shape index (κ3) is 5.40. The largest absolute Gasteiger partial charge is 0.872 e. The lowest BCUT2D eigenvalue weighted by atomic mass is 9.95. The fourth-order valence-corrected chi connectivity index (χ4v) is 4.07. The molecule has 32 heavy (non-hydrogen) atoms. The molecule has 1 aliphatic heterocycles. The summed E-state index contributed by atoms with van der Waals surface area (Å²) in [4.78, 5) is 28.8. The van der Waals surface area contributed by atoms with E-state index in [4.69, 9.17) is 4.74 Å². The van der Waals surface area contributed by atoms with Gasteiger partial charge in [0.2, 0.25) is 5.78 Å². The van der Waals surface area contributed by atoms with Gasteiger partial charge in [0.1, 0.15) is 5.75 Å². The molecular formula is C25H29BrN2O4. The Morgan fingerprint density at radius 2 is 1.88 bits per heavy atom. The number of carbonyl (C=O) groups excluding carboxylic acids is 2. The number of benzene rings is 2. The van der Waals surface area contributed by atoms with Gasteiger partial charge in [0.25, 0.3) is 5.91 Å². The molecule has 1 amide bonds. The lowest BCUT2D eigenvalue weighted by Crippen LogP contribution is -3.05. The molecule has 1 unspecified atom stereocenters. The van der Waals surface area contributed by atoms with Gasteiger partial charge in [0.15, 0.2) is 0 Å². The maximum Gasteiger partial charge on any atom is 0.295 e. The number of nitrogens with zero attached hydrogens (tertiary/aromatic N) is 1. The van der Waals surface area contributed by atoms with Crippen LogP contribution in [0.15, 0.2) is 58.6 Å². The van der Waals surface area contributed by atoms with E-state index in [2.05, 4.69) is 15.9 Å². The van der Waals surface area contributed by atoms with Gasteiger partial charge in [-0.2, -0.15) is 0 Å². The Labute approximate surface area is 197 Å². The first-order valence-corrected chi connectivity index (χ1v) is 11.7. The number of halogens is 1. The van der Waals surface area contributed by atoms with E-state index in [0.29, 0.717) is 30.0 Å². The smallest absolute Gasteiger partial charge is 0.295 e. The molecule has 1 saturated heterocycles. The Morgan fingerprint density at radius 1 is 1.16 bits per heavy atom. The number of amides is 1. The normalized spacial score (nSPS) is 17.9. The van der Waals surface area contributed by atoms with Crippen molar-refractivity contribution in [3.05, 3.63) is 69.7 Å². The van der Waals surface area contributed by atoms with Crippen LogP contribution in [0.3, 0.4) is 0 Å². The molecule has 3 rings (SSSR count). The molecule has 170 valence electrons. The number of nitrogens with one attached hydrogen (secondary N) is 1. The summed E-state index contributed by atoms with van der Waals surface area (Å²) in [5, 5.41) is 13.4. The van der Waals surface area contributed by atoms with Crippen LogP contribution < -0.4 is 14.7 Å². The van der Waals surface area contributed by atoms with Crippen molar-refractivity contribution >= 4 is 33.4 Å². The third-order valence-corrected chi connectivity index (χ3v) is 5.89. The SMILES string of the molecule is CCCOc1cccc(C2/C(=C(\[O-])c3ccc(Br)cc3)C(=O)C(=O)N2CCC[NH+](C)C)c1. The monoisotopic (exact) mass is 500 g/mol. The molecule has 2 aromatic rings. The van der Waals surface area contributed by atoms with Gasteiger partial charge in [-0.1, -0.05) is 52.9 Å². The lowest BCUT2D eigenvalue weighted by molar-refractivity contribution is -0.858. The predicted molar refractivity (Wildman–Crippen MR) is 125 cm³/mol. The fraction of sp³-hybridized carbons (Fsp3) is 0.360. The van der Waals surface area contributed by atoms with Crippen LogP contribution in [0.25, 0.3) is 5.76 Å². The first-order chi connectivity index (χ1) is 15.3. The van der Waals surface area contributed by atoms with Gasteiger partial charge >= 0.3 is 0 Å². The number of quaternary nitrogens is 1. The van der Waals surface area contributed by atoms with Gasteiger partial charge < -0.3 is 19.6 Å². The maximum atomic E-state index is 13.4. The van der Waals surface area contributed by atoms with Crippen LogP contribution in [-0.4, -0.2) is 50.4 Å². The second-order valence-electron chi connectivity index (χ2n) is 8.21. The number of hydrogen-bond acceptors (Lipinski definition) is 4. The summed E-state index contributed by atoms with van der Waals surface area (Å²) >= 11 is 3.36. The Kier molecular flexibility index (Phi) is 8.10. The first kappa shape index (κ1) is 24.0. The van der Waals surface area contributed by atoms with E-state index < -0.39 is 23.5 Å². The average molecular weight is 501 g/mol. The number of hydrogen-bond donors (Lipinski definition) is 1. The molecule has 1 heterocycles. The summed E-state index contributed by atoms with van der Waals surface area (Å²) in [5.74, 6) is -1.10. The van der Waals surface area contributed by atoms with E-state index in [-0.39, 0.29) is 5.57 Å². The number of ether oxygens (including phenoxy) is 1. The topological polar surface area (TPSA) is 74.1 Å². The van der Waals surface area contributed by atoms with Crippen molar-refractivity contribution in [2.24, 2.45) is 0 Å². The van der Waals surface area contributed by atoms with E-state index >= 15 is 0 Å². The minimum Gasteiger partial charge on any atom is -0.872 e. The highest BCUT2D eigenvalue weighted by Crippen LogP contribution is 2.39. The molecule has 0 spiro atoms. The molecule has 0 saturated carbocycles. The minimum atomic E-state index is -0.728. The van der Waals surface area contributed by atoms with Crippen LogP contribution in [0.1, 0.15) is 36.9 Å². The predicted octanol–water partition coefficient (Wildman–Crippen LogP) is 2.00. The van der Waals surface area contributed by atoms with Crippen molar-refractivity contribution in [1.29, 1.82) is 0 Å². The Balaban J connectivity index is 2.07. The zero-order valence-electron chi connectivity index (χ0n) is 18.7. The van der Waals surface area contributed by atoms with Crippen molar-refractivity contribution in [1.82, 2.24) is 4.90 Å². The maximum absolute atomic E-state index is 13.4. The number of Topliss-reactive ketones (excluding diaryl/α,β-unsaturated/α-hetero) is 1. The van der Waals surface area contributed by atoms with Crippen LogP contribution >= 0.6 is 15.9 Å². The highest BCUT2D eigenvalue weighted by Gasteiger charge is 2.44. The molecule has 1 atom stereocenters. The number of likely N-dealkylation sites (tertiary alicyclic amines) is 1. The molecule has 0 radical (unpaired) electrons. The van der Waals surface area contributed by atoms with Gasteiger partial charge in [-0.3, -0.25) is 9.59 Å². The van der Waals surface area contributed by atoms with Gasteiger partial charge in [0, 0.05) is 23.0 Å². The molecule has 6 nitrogen and oxygen atoms in total. The highest BCUT2D eigenvalue weighted by molar-refractivity contribution is 9.10. The van der Waals surface area contributed by atoms with Gasteiger partial charge in [0.05, 0.1) is 33.3 Å². The van der Waals surface area contributed by atoms with Crippen LogP contribution in [0.5, 0.6) is 5.75 Å². The molecule has 2 aromatic carbocycles. The zero-order valence-corrected chi connectivity index (χ0v) is 20.3. The van der Waals surface area contributed by atoms with Crippen LogP contribution in [0, 0.1) is 0 Å². The molecule has 7 heteroatoms. The van der Waals surface area contributed by atoms with E-state index in [0.717, 1.165) is 23.9 Å². The minimum absolute atomic E-state index is 0.00200. The van der Waals surface area contributed by atoms with Crippen molar-refractivity contribution < 1.29 is 24.3 Å². The molecule has 0 aliphatic carbocycles. The van der Waals surface area contributed by atoms with Crippen molar-refractivity contribution in [2.45, 2.75) is 25.8 Å². The van der Waals surface area contributed by atoms with E-state index in [1.165, 1.54) is 9.80 Å². The lowest BCUT2D eigenvalue weighted by Gasteiger charge is -2.28. The molecule has 0 bridgehead atoms. The highest BCUT2D eigenvalue weighted by atomic mass is 79.9. The number of carbonyl (C=O) groups is 2. The first-order valence-electron chi connectivity index (χ1n) is 10.9. The number of rotatable bonds is 9. The van der Waals surface area contributed by atoms with Crippen LogP contribution in [0.4, 0.5) is 0 Å². The third-order valence-electron chi connectivity index (χ3n) is 5.36. The van der Waals surface area contributed by atoms with Crippen LogP contribution in [0.2, 0.25) is 0 Å². The summed E-state index contributed by atoms with van der Waals surface area (Å²) in [7, 11) is 4.08. The van der Waals surface area contributed by atoms with Crippen molar-refractivity contribution in [3.8, 4) is 5.75 Å². The zero-order chi connectivity index (χ0) is 23.3. The van der Waals surface area contributed by atoms with Crippen molar-refractivity contribution in [3.63, 3.8) is 0 Å². The van der Waals surface area contributed by atoms with Gasteiger partial charge in [-0.25, -0.2) is 0 Å². The summed E-state index contributed by atoms with van der Waals surface area (Å²) < 4.78 is 6.59. The summed E-state index contributed by atoms with van der Waals surface area (Å²) in [6, 6.07) is 13.4. The van der Waals surface area contributed by atoms with E-state index in [1.54, 1.807) is 24.3 Å². The molecule has 1 N–H and O–H groups in total. The second kappa shape index (κ2) is 10.8. The summed E-state index contributed by atoms with van der Waals surface area (Å²) in [6.45, 7) is 3.84. The standard InChI is InChI=1S/C25H29BrN2O4/c1-4-15-32-20-8-5-7-18(16-20)22-21(23(29)17-9-11-19(26)12-10-17)24(30)25(31)28(22)14-6-13-27(2)3/h5,7-12,16,22,29H,4,6,13-15H2,1-3H3/b23-21+. The van der Waals surface area contributed by atoms with Crippen LogP contribution in [-0.2, 0) is 9.59 Å². The van der Waals surface area contributed by atoms with E-state index in [1.807, 2.05) is 45.3 Å². The quantitative estimate of drug-likeness (QED) is 0.324. The average Bonchev–Trinajstić information content (AvgIpc) is 3.02. The molecule has 1 fully saturated rings. The molecular weight excluding hydrogens is 472 g/mol. The van der Waals surface area contributed by atoms with E-state index in [9.17, 15) is 14.7 Å². The molecule has 1 aliphatic rings. The summed E-state index contributed by atoms with van der Waals surface area (Å²) in [6.07, 6.45) is 1.59. The summed E-state index contributed by atoms with van der Waals surface area (Å²) in [5.41, 5.74) is 1.09. The van der Waals surface area contributed by atoms with Gasteiger partial charge in [-0.05, 0) is 41.8 Å². The number of ketones is 1. The Bertz CT molecular complexity index is 1000. The Hall–Kier alpha value is -2.64.